The molecule has 2 rings (SSSR count). The summed E-state index contributed by atoms with van der Waals surface area (Å²) in [6.07, 6.45) is 1.52. The van der Waals surface area contributed by atoms with Crippen molar-refractivity contribution >= 4 is 27.9 Å². The van der Waals surface area contributed by atoms with Gasteiger partial charge in [0.25, 0.3) is 5.91 Å². The first-order chi connectivity index (χ1) is 9.61. The third-order valence-electron chi connectivity index (χ3n) is 2.93. The fraction of sp³-hybridized carbons (Fsp3) is 0.286. The Hall–Kier alpha value is -1.84. The number of carbonyl (C=O) groups is 1. The van der Waals surface area contributed by atoms with E-state index >= 15 is 0 Å². The lowest BCUT2D eigenvalue weighted by Gasteiger charge is -2.26. The Labute approximate surface area is 125 Å². The Kier molecular flexibility index (Phi) is 4.77. The first-order valence-corrected chi connectivity index (χ1v) is 6.88. The van der Waals surface area contributed by atoms with E-state index < -0.39 is 0 Å². The number of halogens is 1. The van der Waals surface area contributed by atoms with Gasteiger partial charge < -0.3 is 14.7 Å². The second-order valence-electron chi connectivity index (χ2n) is 4.29. The van der Waals surface area contributed by atoms with Gasteiger partial charge in [-0.2, -0.15) is 5.26 Å². The Bertz CT molecular complexity index is 587. The number of carbonyl (C=O) groups excluding carboxylic acids is 1. The van der Waals surface area contributed by atoms with Gasteiger partial charge in [-0.3, -0.25) is 4.79 Å². The van der Waals surface area contributed by atoms with Crippen molar-refractivity contribution in [3.05, 3.63) is 33.8 Å². The summed E-state index contributed by atoms with van der Waals surface area (Å²) in [5.74, 6) is -0.180. The van der Waals surface area contributed by atoms with Crippen LogP contribution in [0.5, 0.6) is 5.75 Å². The highest BCUT2D eigenvalue weighted by atomic mass is 79.9. The topological polar surface area (TPSA) is 73.6 Å². The van der Waals surface area contributed by atoms with Crippen molar-refractivity contribution in [3.8, 4) is 11.8 Å². The molecule has 1 heterocycles. The van der Waals surface area contributed by atoms with Crippen LogP contribution >= 0.6 is 15.9 Å². The maximum Gasteiger partial charge on any atom is 0.264 e. The van der Waals surface area contributed by atoms with Gasteiger partial charge in [0.2, 0.25) is 0 Å². The van der Waals surface area contributed by atoms with Gasteiger partial charge in [-0.1, -0.05) is 6.07 Å². The summed E-state index contributed by atoms with van der Waals surface area (Å²) in [7, 11) is 0. The Morgan fingerprint density at radius 2 is 2.15 bits per heavy atom. The number of rotatable bonds is 2. The molecule has 0 radical (unpaired) electrons. The van der Waals surface area contributed by atoms with Crippen LogP contribution in [0.2, 0.25) is 0 Å². The number of hydrogen-bond donors (Lipinski definition) is 1. The molecule has 5 nitrogen and oxygen atoms in total. The van der Waals surface area contributed by atoms with Gasteiger partial charge >= 0.3 is 0 Å². The van der Waals surface area contributed by atoms with Crippen molar-refractivity contribution in [1.29, 1.82) is 5.26 Å². The first-order valence-electron chi connectivity index (χ1n) is 6.09. The van der Waals surface area contributed by atoms with Crippen LogP contribution in [-0.2, 0) is 9.53 Å². The van der Waals surface area contributed by atoms with Gasteiger partial charge in [0.05, 0.1) is 17.7 Å². The van der Waals surface area contributed by atoms with E-state index in [9.17, 15) is 9.90 Å². The third kappa shape index (κ3) is 3.38. The summed E-state index contributed by atoms with van der Waals surface area (Å²) in [6.45, 7) is 1.98. The van der Waals surface area contributed by atoms with Gasteiger partial charge in [-0.05, 0) is 39.7 Å². The minimum atomic E-state index is -0.292. The molecule has 0 bridgehead atoms. The van der Waals surface area contributed by atoms with E-state index in [0.717, 1.165) is 0 Å². The summed E-state index contributed by atoms with van der Waals surface area (Å²) < 4.78 is 5.70. The zero-order valence-corrected chi connectivity index (χ0v) is 12.3. The zero-order valence-electron chi connectivity index (χ0n) is 10.7. The molecule has 0 aromatic heterocycles. The number of aromatic hydroxyl groups is 1. The van der Waals surface area contributed by atoms with Crippen molar-refractivity contribution < 1.29 is 14.6 Å². The fourth-order valence-electron chi connectivity index (χ4n) is 1.86. The monoisotopic (exact) mass is 336 g/mol. The molecule has 1 aromatic carbocycles. The molecular weight excluding hydrogens is 324 g/mol. The van der Waals surface area contributed by atoms with Gasteiger partial charge in [0, 0.05) is 13.1 Å². The Morgan fingerprint density at radius 1 is 1.45 bits per heavy atom. The molecular formula is C14H13BrN2O3. The van der Waals surface area contributed by atoms with Crippen molar-refractivity contribution in [2.24, 2.45) is 0 Å². The standard InChI is InChI=1S/C14H13BrN2O3/c15-12-8-10(1-2-13(12)18)7-11(9-16)14(19)17-3-5-20-6-4-17/h1-2,7-8,18H,3-6H2/b11-7+. The fourth-order valence-corrected chi connectivity index (χ4v) is 2.25. The summed E-state index contributed by atoms with van der Waals surface area (Å²) in [5, 5.41) is 18.6. The first kappa shape index (κ1) is 14.6. The highest BCUT2D eigenvalue weighted by molar-refractivity contribution is 9.10. The van der Waals surface area contributed by atoms with Gasteiger partial charge in [-0.25, -0.2) is 0 Å². The van der Waals surface area contributed by atoms with Gasteiger partial charge in [-0.15, -0.1) is 0 Å². The van der Waals surface area contributed by atoms with E-state index in [1.807, 2.05) is 6.07 Å². The Morgan fingerprint density at radius 3 is 2.75 bits per heavy atom. The van der Waals surface area contributed by atoms with E-state index in [2.05, 4.69) is 15.9 Å². The number of hydrogen-bond acceptors (Lipinski definition) is 4. The number of nitriles is 1. The molecule has 104 valence electrons. The zero-order chi connectivity index (χ0) is 14.5. The normalized spacial score (nSPS) is 15.8. The molecule has 0 aliphatic carbocycles. The molecule has 6 heteroatoms. The van der Waals surface area contributed by atoms with Crippen molar-refractivity contribution in [1.82, 2.24) is 4.90 Å². The molecule has 0 saturated carbocycles. The van der Waals surface area contributed by atoms with Crippen LogP contribution in [0.25, 0.3) is 6.08 Å². The number of nitrogens with zero attached hydrogens (tertiary/aromatic N) is 2. The highest BCUT2D eigenvalue weighted by Gasteiger charge is 2.20. The number of morpholine rings is 1. The molecule has 1 aromatic rings. The summed E-state index contributed by atoms with van der Waals surface area (Å²) >= 11 is 3.20. The van der Waals surface area contributed by atoms with E-state index in [1.165, 1.54) is 12.1 Å². The van der Waals surface area contributed by atoms with E-state index in [1.54, 1.807) is 17.0 Å². The largest absolute Gasteiger partial charge is 0.507 e. The quantitative estimate of drug-likeness (QED) is 0.661. The minimum Gasteiger partial charge on any atom is -0.507 e. The number of ether oxygens (including phenoxy) is 1. The van der Waals surface area contributed by atoms with Gasteiger partial charge in [0.1, 0.15) is 17.4 Å². The molecule has 1 fully saturated rings. The summed E-state index contributed by atoms with van der Waals surface area (Å²) in [5.41, 5.74) is 0.748. The SMILES string of the molecule is N#C/C(=C\c1ccc(O)c(Br)c1)C(=O)N1CCOCC1. The average Bonchev–Trinajstić information content (AvgIpc) is 2.48. The van der Waals surface area contributed by atoms with Gasteiger partial charge in [0.15, 0.2) is 0 Å². The van der Waals surface area contributed by atoms with Crippen molar-refractivity contribution in [2.45, 2.75) is 0 Å². The third-order valence-corrected chi connectivity index (χ3v) is 3.57. The van der Waals surface area contributed by atoms with Crippen LogP contribution in [0, 0.1) is 11.3 Å². The van der Waals surface area contributed by atoms with Crippen LogP contribution in [0.3, 0.4) is 0 Å². The smallest absolute Gasteiger partial charge is 0.264 e. The lowest BCUT2D eigenvalue weighted by Crippen LogP contribution is -2.41. The minimum absolute atomic E-state index is 0.0736. The van der Waals surface area contributed by atoms with Crippen LogP contribution in [0.4, 0.5) is 0 Å². The molecule has 0 spiro atoms. The average molecular weight is 337 g/mol. The van der Waals surface area contributed by atoms with Crippen molar-refractivity contribution in [2.75, 3.05) is 26.3 Å². The highest BCUT2D eigenvalue weighted by Crippen LogP contribution is 2.25. The van der Waals surface area contributed by atoms with Crippen molar-refractivity contribution in [3.63, 3.8) is 0 Å². The van der Waals surface area contributed by atoms with Crippen LogP contribution < -0.4 is 0 Å². The van der Waals surface area contributed by atoms with E-state index in [0.29, 0.717) is 36.3 Å². The van der Waals surface area contributed by atoms with Crippen LogP contribution in [0.1, 0.15) is 5.56 Å². The van der Waals surface area contributed by atoms with E-state index in [4.69, 9.17) is 10.00 Å². The number of benzene rings is 1. The molecule has 1 aliphatic heterocycles. The molecule has 1 N–H and O–H groups in total. The maximum absolute atomic E-state index is 12.2. The molecule has 1 aliphatic rings. The summed E-state index contributed by atoms with van der Waals surface area (Å²) in [4.78, 5) is 13.8. The molecule has 0 atom stereocenters. The van der Waals surface area contributed by atoms with Crippen LogP contribution in [-0.4, -0.2) is 42.2 Å². The lowest BCUT2D eigenvalue weighted by atomic mass is 10.1. The second-order valence-corrected chi connectivity index (χ2v) is 5.14. The van der Waals surface area contributed by atoms with Crippen LogP contribution in [0.15, 0.2) is 28.2 Å². The predicted octanol–water partition coefficient (Wildman–Crippen LogP) is 1.92. The lowest BCUT2D eigenvalue weighted by molar-refractivity contribution is -0.130. The molecule has 1 amide bonds. The molecule has 0 unspecified atom stereocenters. The predicted molar refractivity (Wildman–Crippen MR) is 76.8 cm³/mol. The summed E-state index contributed by atoms with van der Waals surface area (Å²) in [6, 6.07) is 6.73. The number of phenolic OH excluding ortho intramolecular Hbond substituents is 1. The van der Waals surface area contributed by atoms with E-state index in [-0.39, 0.29) is 17.2 Å². The maximum atomic E-state index is 12.2. The molecule has 1 saturated heterocycles. The molecule has 20 heavy (non-hydrogen) atoms. The number of amides is 1. The number of phenols is 1. The second kappa shape index (κ2) is 6.55. The Balaban J connectivity index is 2.22.